The number of hydrazone groups is 1. The summed E-state index contributed by atoms with van der Waals surface area (Å²) >= 11 is 7.52. The number of nitrogens with zero attached hydrogens (tertiary/aromatic N) is 2. The Bertz CT molecular complexity index is 1090. The summed E-state index contributed by atoms with van der Waals surface area (Å²) in [6.07, 6.45) is 1.55. The Morgan fingerprint density at radius 1 is 1.09 bits per heavy atom. The maximum Gasteiger partial charge on any atom is 0.269 e. The molecule has 0 unspecified atom stereocenters. The maximum atomic E-state index is 11.9. The Kier molecular flexibility index (Phi) is 8.65. The fourth-order valence-electron chi connectivity index (χ4n) is 2.61. The van der Waals surface area contributed by atoms with Crippen molar-refractivity contribution < 1.29 is 14.5 Å². The van der Waals surface area contributed by atoms with E-state index >= 15 is 0 Å². The van der Waals surface area contributed by atoms with E-state index in [0.29, 0.717) is 23.1 Å². The van der Waals surface area contributed by atoms with Crippen LogP contribution in [0.2, 0.25) is 5.02 Å². The number of halogens is 1. The van der Waals surface area contributed by atoms with E-state index in [2.05, 4.69) is 10.5 Å². The van der Waals surface area contributed by atoms with Gasteiger partial charge in [0.15, 0.2) is 0 Å². The highest BCUT2D eigenvalue weighted by molar-refractivity contribution is 7.99. The fraction of sp³-hybridized carbons (Fsp3) is 0.130. The lowest BCUT2D eigenvalue weighted by atomic mass is 10.2. The molecule has 0 bridgehead atoms. The molecule has 1 amide bonds. The van der Waals surface area contributed by atoms with Gasteiger partial charge in [-0.05, 0) is 41.5 Å². The lowest BCUT2D eigenvalue weighted by Gasteiger charge is -2.07. The highest BCUT2D eigenvalue weighted by atomic mass is 35.5. The largest absolute Gasteiger partial charge is 0.489 e. The lowest BCUT2D eigenvalue weighted by Crippen LogP contribution is -2.19. The zero-order valence-corrected chi connectivity index (χ0v) is 18.5. The van der Waals surface area contributed by atoms with Crippen LogP contribution in [0.5, 0.6) is 5.75 Å². The molecule has 0 aliphatic carbocycles. The zero-order chi connectivity index (χ0) is 22.8. The summed E-state index contributed by atoms with van der Waals surface area (Å²) in [6, 6.07) is 21.1. The fourth-order valence-corrected chi connectivity index (χ4v) is 3.58. The Morgan fingerprint density at radius 2 is 1.81 bits per heavy atom. The molecule has 164 valence electrons. The van der Waals surface area contributed by atoms with Gasteiger partial charge in [-0.1, -0.05) is 41.9 Å². The average Bonchev–Trinajstić information content (AvgIpc) is 2.80. The van der Waals surface area contributed by atoms with E-state index in [4.69, 9.17) is 16.3 Å². The van der Waals surface area contributed by atoms with Crippen LogP contribution in [0.4, 0.5) is 5.69 Å². The van der Waals surface area contributed by atoms with E-state index in [0.717, 1.165) is 16.7 Å². The molecule has 0 radical (unpaired) electrons. The van der Waals surface area contributed by atoms with Crippen molar-refractivity contribution in [3.63, 3.8) is 0 Å². The Morgan fingerprint density at radius 3 is 2.50 bits per heavy atom. The van der Waals surface area contributed by atoms with E-state index in [9.17, 15) is 14.9 Å². The molecule has 0 atom stereocenters. The van der Waals surface area contributed by atoms with Crippen molar-refractivity contribution in [2.24, 2.45) is 5.10 Å². The summed E-state index contributed by atoms with van der Waals surface area (Å²) in [5.41, 5.74) is 5.17. The molecule has 3 aromatic rings. The second kappa shape index (κ2) is 11.9. The van der Waals surface area contributed by atoms with Crippen molar-refractivity contribution >= 4 is 41.2 Å². The van der Waals surface area contributed by atoms with E-state index in [1.54, 1.807) is 18.3 Å². The molecule has 0 spiro atoms. The number of non-ortho nitro benzene ring substituents is 1. The van der Waals surface area contributed by atoms with Crippen molar-refractivity contribution in [2.45, 2.75) is 12.4 Å². The van der Waals surface area contributed by atoms with Crippen LogP contribution in [0.1, 0.15) is 16.7 Å². The maximum absolute atomic E-state index is 11.9. The SMILES string of the molecule is O=C(CSCc1ccc([N+](=O)[O-])cc1)NN=Cc1ccc(OCc2ccccc2Cl)cc1. The van der Waals surface area contributed by atoms with Crippen molar-refractivity contribution in [1.29, 1.82) is 0 Å². The zero-order valence-electron chi connectivity index (χ0n) is 16.9. The molecule has 0 aliphatic heterocycles. The van der Waals surface area contributed by atoms with Crippen molar-refractivity contribution in [3.8, 4) is 5.75 Å². The lowest BCUT2D eigenvalue weighted by molar-refractivity contribution is -0.384. The van der Waals surface area contributed by atoms with Crippen LogP contribution in [0.15, 0.2) is 77.9 Å². The van der Waals surface area contributed by atoms with Gasteiger partial charge in [0.05, 0.1) is 16.9 Å². The van der Waals surface area contributed by atoms with Crippen molar-refractivity contribution in [2.75, 3.05) is 5.75 Å². The number of benzene rings is 3. The summed E-state index contributed by atoms with van der Waals surface area (Å²) in [7, 11) is 0. The van der Waals surface area contributed by atoms with Crippen LogP contribution in [-0.2, 0) is 17.2 Å². The first-order valence-corrected chi connectivity index (χ1v) is 11.1. The monoisotopic (exact) mass is 469 g/mol. The second-order valence-electron chi connectivity index (χ2n) is 6.66. The summed E-state index contributed by atoms with van der Waals surface area (Å²) in [5.74, 6) is 1.27. The normalized spacial score (nSPS) is 10.8. The minimum absolute atomic E-state index is 0.0472. The van der Waals surface area contributed by atoms with Crippen LogP contribution < -0.4 is 10.2 Å². The number of hydrogen-bond donors (Lipinski definition) is 1. The van der Waals surface area contributed by atoms with Gasteiger partial charge in [-0.25, -0.2) is 5.43 Å². The second-order valence-corrected chi connectivity index (χ2v) is 8.05. The minimum atomic E-state index is -0.441. The molecule has 0 fully saturated rings. The number of amides is 1. The predicted octanol–water partition coefficient (Wildman–Crippen LogP) is 5.21. The van der Waals surface area contributed by atoms with Crippen LogP contribution in [0.25, 0.3) is 0 Å². The number of rotatable bonds is 10. The Balaban J connectivity index is 1.38. The number of nitro groups is 1. The number of hydrogen-bond acceptors (Lipinski definition) is 6. The van der Waals surface area contributed by atoms with Gasteiger partial charge in [-0.15, -0.1) is 11.8 Å². The van der Waals surface area contributed by atoms with Gasteiger partial charge in [-0.3, -0.25) is 14.9 Å². The number of thioether (sulfide) groups is 1. The predicted molar refractivity (Wildman–Crippen MR) is 127 cm³/mol. The molecule has 7 nitrogen and oxygen atoms in total. The third-order valence-electron chi connectivity index (χ3n) is 4.28. The van der Waals surface area contributed by atoms with Gasteiger partial charge in [0.2, 0.25) is 5.91 Å². The topological polar surface area (TPSA) is 93.8 Å². The number of ether oxygens (including phenoxy) is 1. The molecule has 0 aromatic heterocycles. The smallest absolute Gasteiger partial charge is 0.269 e. The molecule has 3 aromatic carbocycles. The number of carbonyl (C=O) groups is 1. The summed E-state index contributed by atoms with van der Waals surface area (Å²) in [6.45, 7) is 0.376. The van der Waals surface area contributed by atoms with E-state index in [1.807, 2.05) is 48.5 Å². The molecule has 32 heavy (non-hydrogen) atoms. The quantitative estimate of drug-likeness (QED) is 0.250. The summed E-state index contributed by atoms with van der Waals surface area (Å²) < 4.78 is 5.73. The van der Waals surface area contributed by atoms with Gasteiger partial charge >= 0.3 is 0 Å². The third-order valence-corrected chi connectivity index (χ3v) is 5.66. The highest BCUT2D eigenvalue weighted by Gasteiger charge is 2.05. The van der Waals surface area contributed by atoms with Gasteiger partial charge in [-0.2, -0.15) is 5.10 Å². The molecule has 0 saturated heterocycles. The molecular formula is C23H20ClN3O4S. The van der Waals surface area contributed by atoms with E-state index in [-0.39, 0.29) is 17.3 Å². The Hall–Kier alpha value is -3.36. The molecule has 3 rings (SSSR count). The van der Waals surface area contributed by atoms with Crippen molar-refractivity contribution in [1.82, 2.24) is 5.43 Å². The van der Waals surface area contributed by atoms with Crippen LogP contribution in [0, 0.1) is 10.1 Å². The van der Waals surface area contributed by atoms with Gasteiger partial charge < -0.3 is 4.74 Å². The number of carbonyl (C=O) groups excluding carboxylic acids is 1. The molecule has 0 aliphatic rings. The van der Waals surface area contributed by atoms with Crippen LogP contribution in [0.3, 0.4) is 0 Å². The van der Waals surface area contributed by atoms with E-state index < -0.39 is 4.92 Å². The van der Waals surface area contributed by atoms with Crippen LogP contribution in [-0.4, -0.2) is 22.8 Å². The summed E-state index contributed by atoms with van der Waals surface area (Å²) in [4.78, 5) is 22.1. The highest BCUT2D eigenvalue weighted by Crippen LogP contribution is 2.19. The molecule has 0 heterocycles. The molecule has 9 heteroatoms. The van der Waals surface area contributed by atoms with Gasteiger partial charge in [0.1, 0.15) is 12.4 Å². The van der Waals surface area contributed by atoms with E-state index in [1.165, 1.54) is 23.9 Å². The molecule has 1 N–H and O–H groups in total. The first kappa shape index (κ1) is 23.3. The van der Waals surface area contributed by atoms with Gasteiger partial charge in [0.25, 0.3) is 5.69 Å². The minimum Gasteiger partial charge on any atom is -0.489 e. The summed E-state index contributed by atoms with van der Waals surface area (Å²) in [5, 5.41) is 15.3. The first-order valence-electron chi connectivity index (χ1n) is 9.60. The molecule has 0 saturated carbocycles. The number of nitrogens with one attached hydrogen (secondary N) is 1. The Labute approximate surface area is 194 Å². The average molecular weight is 470 g/mol. The standard InChI is InChI=1S/C23H20ClN3O4S/c24-22-4-2-1-3-19(22)14-31-21-11-7-17(8-12-21)13-25-26-23(28)16-32-15-18-5-9-20(10-6-18)27(29)30/h1-13H,14-16H2,(H,26,28). The van der Waals surface area contributed by atoms with Crippen LogP contribution >= 0.6 is 23.4 Å². The molecular weight excluding hydrogens is 450 g/mol. The third kappa shape index (κ3) is 7.40. The van der Waals surface area contributed by atoms with Crippen molar-refractivity contribution in [3.05, 3.63) is 105 Å². The number of nitro benzene ring substituents is 1. The first-order chi connectivity index (χ1) is 15.5. The van der Waals surface area contributed by atoms with Gasteiger partial charge in [0, 0.05) is 28.5 Å².